The summed E-state index contributed by atoms with van der Waals surface area (Å²) in [6.07, 6.45) is -5.41. The summed E-state index contributed by atoms with van der Waals surface area (Å²) in [6, 6.07) is 7.90. The van der Waals surface area contributed by atoms with Crippen molar-refractivity contribution in [3.63, 3.8) is 0 Å². The molecule has 3 atom stereocenters. The summed E-state index contributed by atoms with van der Waals surface area (Å²) >= 11 is 0. The van der Waals surface area contributed by atoms with Gasteiger partial charge in [-0.25, -0.2) is 8.42 Å². The first-order valence-electron chi connectivity index (χ1n) is 13.0. The van der Waals surface area contributed by atoms with Crippen molar-refractivity contribution in [2.75, 3.05) is 51.1 Å². The number of hydrogen-bond donors (Lipinski definition) is 1. The molecule has 42 heavy (non-hydrogen) atoms. The summed E-state index contributed by atoms with van der Waals surface area (Å²) in [5.74, 6) is -2.18. The van der Waals surface area contributed by atoms with E-state index in [2.05, 4.69) is 0 Å². The first kappa shape index (κ1) is 31.2. The van der Waals surface area contributed by atoms with Crippen LogP contribution in [0.15, 0.2) is 36.4 Å². The fourth-order valence-corrected chi connectivity index (χ4v) is 5.73. The number of carbonyl (C=O) groups is 2. The van der Waals surface area contributed by atoms with Crippen molar-refractivity contribution >= 4 is 27.5 Å². The van der Waals surface area contributed by atoms with Gasteiger partial charge < -0.3 is 28.7 Å². The van der Waals surface area contributed by atoms with E-state index >= 15 is 0 Å². The van der Waals surface area contributed by atoms with Crippen LogP contribution in [0.3, 0.4) is 0 Å². The van der Waals surface area contributed by atoms with E-state index in [1.807, 2.05) is 11.6 Å². The van der Waals surface area contributed by atoms with Crippen LogP contribution in [0.1, 0.15) is 34.6 Å². The summed E-state index contributed by atoms with van der Waals surface area (Å²) in [5, 5.41) is 0. The van der Waals surface area contributed by atoms with E-state index in [4.69, 9.17) is 18.9 Å². The van der Waals surface area contributed by atoms with E-state index in [1.54, 1.807) is 37.1 Å². The van der Waals surface area contributed by atoms with Crippen LogP contribution in [-0.2, 0) is 14.8 Å². The van der Waals surface area contributed by atoms with E-state index in [0.717, 1.165) is 6.07 Å². The maximum Gasteiger partial charge on any atom is 0.404 e. The van der Waals surface area contributed by atoms with E-state index < -0.39 is 40.0 Å². The number of alkyl halides is 3. The van der Waals surface area contributed by atoms with Crippen molar-refractivity contribution in [3.05, 3.63) is 47.5 Å². The second-order valence-electron chi connectivity index (χ2n) is 10.3. The third-order valence-electron chi connectivity index (χ3n) is 6.95. The molecule has 2 amide bonds. The zero-order valence-corrected chi connectivity index (χ0v) is 24.3. The Morgan fingerprint density at radius 2 is 1.76 bits per heavy atom. The molecule has 0 aromatic heterocycles. The molecule has 230 valence electrons. The number of ether oxygens (including phenoxy) is 4. The first-order valence-corrected chi connectivity index (χ1v) is 14.7. The summed E-state index contributed by atoms with van der Waals surface area (Å²) in [7, 11) is -1.72. The number of benzene rings is 2. The van der Waals surface area contributed by atoms with Crippen LogP contribution in [-0.4, -0.2) is 94.8 Å². The number of hydrogen-bond acceptors (Lipinski definition) is 8. The van der Waals surface area contributed by atoms with Gasteiger partial charge in [0.1, 0.15) is 12.4 Å². The van der Waals surface area contributed by atoms with Crippen LogP contribution >= 0.6 is 0 Å². The van der Waals surface area contributed by atoms with Crippen LogP contribution in [0.25, 0.3) is 0 Å². The molecule has 2 aromatic carbocycles. The Morgan fingerprint density at radius 1 is 1.05 bits per heavy atom. The van der Waals surface area contributed by atoms with Crippen LogP contribution < -0.4 is 18.9 Å². The number of rotatable bonds is 5. The third kappa shape index (κ3) is 7.37. The first-order chi connectivity index (χ1) is 19.7. The van der Waals surface area contributed by atoms with E-state index in [1.165, 1.54) is 24.1 Å². The van der Waals surface area contributed by atoms with Crippen molar-refractivity contribution in [2.45, 2.75) is 32.2 Å². The topological polar surface area (TPSA) is 124 Å². The molecule has 0 aliphatic carbocycles. The van der Waals surface area contributed by atoms with Crippen molar-refractivity contribution in [1.82, 2.24) is 9.80 Å². The molecule has 2 heterocycles. The highest BCUT2D eigenvalue weighted by atomic mass is 32.2. The number of anilines is 1. The minimum Gasteiger partial charge on any atom is -0.491 e. The normalized spacial score (nSPS) is 21.6. The van der Waals surface area contributed by atoms with E-state index in [-0.39, 0.29) is 55.3 Å². The van der Waals surface area contributed by atoms with E-state index in [0.29, 0.717) is 17.1 Å². The predicted octanol–water partition coefficient (Wildman–Crippen LogP) is 3.37. The number of sulfonamides is 1. The van der Waals surface area contributed by atoms with Gasteiger partial charge in [-0.2, -0.15) is 13.2 Å². The Kier molecular flexibility index (Phi) is 9.11. The minimum atomic E-state index is -4.95. The number of nitrogens with zero attached hydrogens (tertiary/aromatic N) is 2. The number of carbonyl (C=O) groups excluding carboxylic acids is 2. The average molecular weight is 616 g/mol. The molecule has 0 bridgehead atoms. The third-order valence-corrected chi connectivity index (χ3v) is 8.21. The maximum absolute atomic E-state index is 13.8. The maximum atomic E-state index is 13.8. The molecule has 0 saturated carbocycles. The molecule has 15 heteroatoms. The molecule has 1 N–H and O–H groups in total. The Morgan fingerprint density at radius 3 is 2.45 bits per heavy atom. The summed E-state index contributed by atoms with van der Waals surface area (Å²) in [5.41, 5.74) is 0.193. The highest BCUT2D eigenvalue weighted by Crippen LogP contribution is 2.33. The van der Waals surface area contributed by atoms with Gasteiger partial charge in [-0.15, -0.1) is 0 Å². The van der Waals surface area contributed by atoms with Gasteiger partial charge in [0.25, 0.3) is 11.8 Å². The SMILES string of the molecule is CO[C@@H]1CN(C)C(=O)c2ccc(NS(=O)(=O)CC(F)(F)F)cc2OC[C@@H](C)N(C(=O)c2ccc3c(c2)OCO3)C[C@H]1C. The lowest BCUT2D eigenvalue weighted by Gasteiger charge is -2.36. The fourth-order valence-electron chi connectivity index (χ4n) is 4.74. The van der Waals surface area contributed by atoms with Crippen molar-refractivity contribution in [3.8, 4) is 17.2 Å². The number of nitrogens with one attached hydrogen (secondary N) is 1. The van der Waals surface area contributed by atoms with Gasteiger partial charge in [-0.3, -0.25) is 14.3 Å². The highest BCUT2D eigenvalue weighted by molar-refractivity contribution is 7.92. The van der Waals surface area contributed by atoms with Gasteiger partial charge in [0.2, 0.25) is 16.8 Å². The monoisotopic (exact) mass is 615 g/mol. The predicted molar refractivity (Wildman–Crippen MR) is 145 cm³/mol. The van der Waals surface area contributed by atoms with Gasteiger partial charge in [-0.1, -0.05) is 6.92 Å². The molecule has 0 unspecified atom stereocenters. The van der Waals surface area contributed by atoms with Gasteiger partial charge in [0, 0.05) is 44.8 Å². The number of halogens is 3. The standard InChI is InChI=1S/C27H32F3N3O8S/c1-16-11-33(25(34)18-5-8-21-23(9-18)41-15-40-21)17(2)13-39-22-10-19(31-42(36,37)14-27(28,29)30)6-7-20(22)26(35)32(3)12-24(16)38-4/h5-10,16-17,24,31H,11-15H2,1-4H3/t16-,17-,24-/m1/s1. The Labute approximate surface area is 241 Å². The van der Waals surface area contributed by atoms with Crippen LogP contribution in [0.2, 0.25) is 0 Å². The number of methoxy groups -OCH3 is 1. The van der Waals surface area contributed by atoms with Gasteiger partial charge in [0.05, 0.1) is 23.4 Å². The summed E-state index contributed by atoms with van der Waals surface area (Å²) < 4.78 is 86.6. The highest BCUT2D eigenvalue weighted by Gasteiger charge is 2.36. The molecule has 0 saturated heterocycles. The van der Waals surface area contributed by atoms with Crippen molar-refractivity contribution in [1.29, 1.82) is 0 Å². The Balaban J connectivity index is 1.67. The molecular formula is C27H32F3N3O8S. The summed E-state index contributed by atoms with van der Waals surface area (Å²) in [6.45, 7) is 3.96. The lowest BCUT2D eigenvalue weighted by atomic mass is 10.0. The molecule has 0 spiro atoms. The van der Waals surface area contributed by atoms with Crippen LogP contribution in [0.5, 0.6) is 17.2 Å². The lowest BCUT2D eigenvalue weighted by molar-refractivity contribution is -0.106. The van der Waals surface area contributed by atoms with E-state index in [9.17, 15) is 31.2 Å². The second-order valence-corrected chi connectivity index (χ2v) is 12.0. The van der Waals surface area contributed by atoms with Gasteiger partial charge in [-0.05, 0) is 37.3 Å². The smallest absolute Gasteiger partial charge is 0.404 e. The quantitative estimate of drug-likeness (QED) is 0.543. The van der Waals surface area contributed by atoms with Crippen LogP contribution in [0.4, 0.5) is 18.9 Å². The molecule has 11 nitrogen and oxygen atoms in total. The molecule has 2 aliphatic rings. The molecule has 0 radical (unpaired) electrons. The van der Waals surface area contributed by atoms with Gasteiger partial charge >= 0.3 is 6.18 Å². The summed E-state index contributed by atoms with van der Waals surface area (Å²) in [4.78, 5) is 30.1. The zero-order chi connectivity index (χ0) is 30.8. The number of amides is 2. The molecular weight excluding hydrogens is 583 g/mol. The number of fused-ring (bicyclic) bond motifs is 2. The molecule has 4 rings (SSSR count). The zero-order valence-electron chi connectivity index (χ0n) is 23.4. The lowest BCUT2D eigenvalue weighted by Crippen LogP contribution is -2.48. The van der Waals surface area contributed by atoms with Gasteiger partial charge in [0.15, 0.2) is 17.3 Å². The Hall–Kier alpha value is -3.72. The average Bonchev–Trinajstić information content (AvgIpc) is 3.38. The van der Waals surface area contributed by atoms with Crippen molar-refractivity contribution < 1.29 is 50.1 Å². The Bertz CT molecular complexity index is 1440. The molecule has 0 fully saturated rings. The fraction of sp³-hybridized carbons (Fsp3) is 0.481. The second kappa shape index (κ2) is 12.3. The molecule has 2 aromatic rings. The molecule has 2 aliphatic heterocycles. The largest absolute Gasteiger partial charge is 0.491 e. The van der Waals surface area contributed by atoms with Crippen molar-refractivity contribution in [2.24, 2.45) is 5.92 Å². The minimum absolute atomic E-state index is 0.0491. The van der Waals surface area contributed by atoms with Crippen LogP contribution in [0, 0.1) is 5.92 Å². The number of likely N-dealkylation sites (N-methyl/N-ethyl adjacent to an activating group) is 1.